The lowest BCUT2D eigenvalue weighted by Gasteiger charge is -2.25. The van der Waals surface area contributed by atoms with E-state index in [2.05, 4.69) is 9.88 Å². The van der Waals surface area contributed by atoms with Crippen LogP contribution in [0.15, 0.2) is 15.9 Å². The van der Waals surface area contributed by atoms with Gasteiger partial charge in [0.25, 0.3) is 5.56 Å². The van der Waals surface area contributed by atoms with Gasteiger partial charge < -0.3 is 9.67 Å². The van der Waals surface area contributed by atoms with Gasteiger partial charge in [-0.15, -0.1) is 0 Å². The summed E-state index contributed by atoms with van der Waals surface area (Å²) in [6, 6.07) is 0.0991. The third kappa shape index (κ3) is 2.71. The first-order valence-corrected chi connectivity index (χ1v) is 7.34. The minimum atomic E-state index is -0.383. The molecule has 2 rings (SSSR count). The van der Waals surface area contributed by atoms with Crippen LogP contribution in [0, 0.1) is 0 Å². The third-order valence-corrected chi connectivity index (χ3v) is 4.22. The Bertz CT molecular complexity index is 769. The van der Waals surface area contributed by atoms with Crippen LogP contribution in [0.25, 0.3) is 11.2 Å². The summed E-state index contributed by atoms with van der Waals surface area (Å²) in [5, 5.41) is 9.32. The minimum Gasteiger partial charge on any atom is -0.395 e. The average Bonchev–Trinajstić information content (AvgIpc) is 2.94. The molecule has 8 nitrogen and oxygen atoms in total. The van der Waals surface area contributed by atoms with Gasteiger partial charge in [-0.2, -0.15) is 0 Å². The van der Waals surface area contributed by atoms with Crippen LogP contribution in [0.2, 0.25) is 0 Å². The number of aliphatic hydroxyl groups excluding tert-OH is 1. The van der Waals surface area contributed by atoms with Gasteiger partial charge in [-0.05, 0) is 13.5 Å². The fourth-order valence-corrected chi connectivity index (χ4v) is 2.59. The van der Waals surface area contributed by atoms with Gasteiger partial charge >= 0.3 is 5.69 Å². The Morgan fingerprint density at radius 3 is 2.59 bits per heavy atom. The van der Waals surface area contributed by atoms with Gasteiger partial charge in [-0.3, -0.25) is 18.8 Å². The summed E-state index contributed by atoms with van der Waals surface area (Å²) in [7, 11) is 5.01. The molecule has 2 heterocycles. The van der Waals surface area contributed by atoms with E-state index in [9.17, 15) is 14.7 Å². The fourth-order valence-electron chi connectivity index (χ4n) is 2.59. The molecule has 0 radical (unpaired) electrons. The average molecular weight is 309 g/mol. The van der Waals surface area contributed by atoms with Crippen molar-refractivity contribution in [3.8, 4) is 0 Å². The molecule has 1 atom stereocenters. The number of aliphatic hydroxyl groups is 1. The second kappa shape index (κ2) is 6.45. The quantitative estimate of drug-likeness (QED) is 0.750. The second-order valence-electron chi connectivity index (χ2n) is 5.54. The molecular formula is C14H23N5O3. The van der Waals surface area contributed by atoms with Crippen molar-refractivity contribution in [2.75, 3.05) is 20.2 Å². The maximum atomic E-state index is 12.3. The molecule has 2 aromatic rings. The number of rotatable bonds is 6. The highest BCUT2D eigenvalue weighted by atomic mass is 16.3. The van der Waals surface area contributed by atoms with Crippen molar-refractivity contribution >= 4 is 11.2 Å². The Labute approximate surface area is 128 Å². The molecular weight excluding hydrogens is 286 g/mol. The van der Waals surface area contributed by atoms with Crippen molar-refractivity contribution in [3.05, 3.63) is 27.2 Å². The molecule has 0 amide bonds. The Kier molecular flexibility index (Phi) is 4.82. The van der Waals surface area contributed by atoms with E-state index in [0.29, 0.717) is 24.3 Å². The van der Waals surface area contributed by atoms with Gasteiger partial charge in [0.1, 0.15) is 0 Å². The molecule has 0 aliphatic carbocycles. The van der Waals surface area contributed by atoms with Crippen LogP contribution in [0.4, 0.5) is 0 Å². The maximum absolute atomic E-state index is 12.3. The van der Waals surface area contributed by atoms with E-state index >= 15 is 0 Å². The first-order valence-electron chi connectivity index (χ1n) is 7.34. The van der Waals surface area contributed by atoms with Gasteiger partial charge in [0.05, 0.1) is 12.9 Å². The number of hydrogen-bond acceptors (Lipinski definition) is 5. The van der Waals surface area contributed by atoms with Crippen LogP contribution < -0.4 is 11.2 Å². The lowest BCUT2D eigenvalue weighted by Crippen LogP contribution is -2.38. The minimum absolute atomic E-state index is 0.0991. The summed E-state index contributed by atoms with van der Waals surface area (Å²) >= 11 is 0. The zero-order chi connectivity index (χ0) is 16.4. The SMILES string of the molecule is CC[C@H](CO)N(C)CCn1cnc2c1c(=O)n(C)c(=O)n2C. The first-order chi connectivity index (χ1) is 10.4. The van der Waals surface area contributed by atoms with Crippen LogP contribution in [-0.2, 0) is 20.6 Å². The standard InChI is InChI=1S/C14H23N5O3/c1-5-10(8-20)16(2)6-7-19-9-15-12-11(19)13(21)18(4)14(22)17(12)3/h9-10,20H,5-8H2,1-4H3/t10-/m1/s1. The molecule has 22 heavy (non-hydrogen) atoms. The topological polar surface area (TPSA) is 85.3 Å². The summed E-state index contributed by atoms with van der Waals surface area (Å²) in [6.07, 6.45) is 2.44. The molecule has 1 N–H and O–H groups in total. The Morgan fingerprint density at radius 2 is 2.00 bits per heavy atom. The molecule has 0 aliphatic rings. The van der Waals surface area contributed by atoms with Crippen LogP contribution in [0.5, 0.6) is 0 Å². The Balaban J connectivity index is 2.34. The van der Waals surface area contributed by atoms with Crippen LogP contribution in [0.3, 0.4) is 0 Å². The fraction of sp³-hybridized carbons (Fsp3) is 0.643. The zero-order valence-electron chi connectivity index (χ0n) is 13.5. The van der Waals surface area contributed by atoms with Gasteiger partial charge in [0, 0.05) is 33.2 Å². The Hall–Kier alpha value is -1.93. The normalized spacial score (nSPS) is 13.2. The van der Waals surface area contributed by atoms with E-state index in [1.165, 1.54) is 11.6 Å². The number of nitrogens with zero attached hydrogens (tertiary/aromatic N) is 5. The molecule has 0 spiro atoms. The van der Waals surface area contributed by atoms with Gasteiger partial charge in [0.2, 0.25) is 0 Å². The van der Waals surface area contributed by atoms with Crippen molar-refractivity contribution in [1.82, 2.24) is 23.6 Å². The van der Waals surface area contributed by atoms with Crippen molar-refractivity contribution in [2.24, 2.45) is 14.1 Å². The number of likely N-dealkylation sites (N-methyl/N-ethyl adjacent to an activating group) is 1. The summed E-state index contributed by atoms with van der Waals surface area (Å²) < 4.78 is 4.23. The third-order valence-electron chi connectivity index (χ3n) is 4.22. The molecule has 0 fully saturated rings. The highest BCUT2D eigenvalue weighted by Gasteiger charge is 2.16. The van der Waals surface area contributed by atoms with Gasteiger partial charge in [-0.25, -0.2) is 9.78 Å². The van der Waals surface area contributed by atoms with E-state index in [1.807, 2.05) is 14.0 Å². The molecule has 2 aromatic heterocycles. The van der Waals surface area contributed by atoms with Crippen molar-refractivity contribution in [3.63, 3.8) is 0 Å². The van der Waals surface area contributed by atoms with Crippen LogP contribution in [-0.4, -0.2) is 54.9 Å². The number of fused-ring (bicyclic) bond motifs is 1. The van der Waals surface area contributed by atoms with E-state index in [1.54, 1.807) is 17.9 Å². The highest BCUT2D eigenvalue weighted by molar-refractivity contribution is 5.69. The predicted octanol–water partition coefficient (Wildman–Crippen LogP) is -0.864. The molecule has 0 unspecified atom stereocenters. The maximum Gasteiger partial charge on any atom is 0.332 e. The number of imidazole rings is 1. The predicted molar refractivity (Wildman–Crippen MR) is 84.0 cm³/mol. The van der Waals surface area contributed by atoms with Crippen LogP contribution in [0.1, 0.15) is 13.3 Å². The van der Waals surface area contributed by atoms with E-state index in [4.69, 9.17) is 0 Å². The first kappa shape index (κ1) is 16.4. The van der Waals surface area contributed by atoms with E-state index in [-0.39, 0.29) is 23.9 Å². The molecule has 0 saturated carbocycles. The molecule has 122 valence electrons. The monoisotopic (exact) mass is 309 g/mol. The number of aryl methyl sites for hydroxylation is 1. The largest absolute Gasteiger partial charge is 0.395 e. The second-order valence-corrected chi connectivity index (χ2v) is 5.54. The Morgan fingerprint density at radius 1 is 1.32 bits per heavy atom. The smallest absolute Gasteiger partial charge is 0.332 e. The van der Waals surface area contributed by atoms with E-state index < -0.39 is 0 Å². The van der Waals surface area contributed by atoms with Gasteiger partial charge in [0.15, 0.2) is 11.2 Å². The molecule has 0 aromatic carbocycles. The lowest BCUT2D eigenvalue weighted by atomic mass is 10.2. The summed E-state index contributed by atoms with van der Waals surface area (Å²) in [4.78, 5) is 30.4. The van der Waals surface area contributed by atoms with Crippen molar-refractivity contribution in [2.45, 2.75) is 25.9 Å². The van der Waals surface area contributed by atoms with E-state index in [0.717, 1.165) is 11.0 Å². The molecule has 8 heteroatoms. The highest BCUT2D eigenvalue weighted by Crippen LogP contribution is 2.07. The van der Waals surface area contributed by atoms with Crippen molar-refractivity contribution < 1.29 is 5.11 Å². The van der Waals surface area contributed by atoms with Crippen LogP contribution >= 0.6 is 0 Å². The number of hydrogen-bond donors (Lipinski definition) is 1. The van der Waals surface area contributed by atoms with Gasteiger partial charge in [-0.1, -0.05) is 6.92 Å². The lowest BCUT2D eigenvalue weighted by molar-refractivity contribution is 0.140. The molecule has 0 saturated heterocycles. The molecule has 0 aliphatic heterocycles. The number of aromatic nitrogens is 4. The zero-order valence-corrected chi connectivity index (χ0v) is 13.5. The summed E-state index contributed by atoms with van der Waals surface area (Å²) in [5.41, 5.74) is 0.0960. The summed E-state index contributed by atoms with van der Waals surface area (Å²) in [5.74, 6) is 0. The molecule has 0 bridgehead atoms. The van der Waals surface area contributed by atoms with Crippen molar-refractivity contribution in [1.29, 1.82) is 0 Å². The summed E-state index contributed by atoms with van der Waals surface area (Å²) in [6.45, 7) is 3.37.